The third-order valence-electron chi connectivity index (χ3n) is 4.80. The number of benzene rings is 1. The molecule has 2 unspecified atom stereocenters. The normalized spacial score (nSPS) is 14.8. The molecule has 1 aromatic heterocycles. The van der Waals surface area contributed by atoms with Gasteiger partial charge in [0.25, 0.3) is 0 Å². The van der Waals surface area contributed by atoms with Crippen LogP contribution in [-0.2, 0) is 12.0 Å². The quantitative estimate of drug-likeness (QED) is 0.271. The first kappa shape index (κ1) is 25.5. The van der Waals surface area contributed by atoms with E-state index in [1.165, 1.54) is 11.1 Å². The Bertz CT molecular complexity index is 728. The fourth-order valence-electron chi connectivity index (χ4n) is 3.01. The van der Waals surface area contributed by atoms with Gasteiger partial charge in [0.15, 0.2) is 5.96 Å². The molecular formula is C22H35IN4O2. The van der Waals surface area contributed by atoms with Crippen LogP contribution in [0.15, 0.2) is 52.1 Å². The van der Waals surface area contributed by atoms with Crippen molar-refractivity contribution in [2.75, 3.05) is 33.7 Å². The number of nitrogens with zero attached hydrogens (tertiary/aromatic N) is 2. The van der Waals surface area contributed by atoms with Crippen LogP contribution in [0.1, 0.15) is 43.7 Å². The molecule has 0 radical (unpaired) electrons. The van der Waals surface area contributed by atoms with Crippen molar-refractivity contribution in [3.8, 4) is 0 Å². The average molecular weight is 514 g/mol. The van der Waals surface area contributed by atoms with Gasteiger partial charge < -0.3 is 25.1 Å². The molecule has 0 saturated heterocycles. The van der Waals surface area contributed by atoms with Gasteiger partial charge in [-0.05, 0) is 57.6 Å². The first-order valence-electron chi connectivity index (χ1n) is 9.91. The summed E-state index contributed by atoms with van der Waals surface area (Å²) in [5, 5.41) is 17.3. The number of furan rings is 1. The maximum Gasteiger partial charge on any atom is 0.191 e. The number of guanidine groups is 1. The van der Waals surface area contributed by atoms with E-state index in [4.69, 9.17) is 4.42 Å². The predicted octanol–water partition coefficient (Wildman–Crippen LogP) is 3.53. The second-order valence-corrected chi connectivity index (χ2v) is 7.40. The summed E-state index contributed by atoms with van der Waals surface area (Å²) in [5.41, 5.74) is 1.44. The van der Waals surface area contributed by atoms with E-state index in [0.717, 1.165) is 13.0 Å². The van der Waals surface area contributed by atoms with E-state index in [1.807, 2.05) is 6.92 Å². The Hall–Kier alpha value is -1.58. The molecule has 29 heavy (non-hydrogen) atoms. The van der Waals surface area contributed by atoms with E-state index in [9.17, 15) is 5.11 Å². The SMILES string of the molecule is CCNC(=NCC(C)(O)c1ccco1)NCC(c1ccc(CC)cc1)N(C)C.I. The van der Waals surface area contributed by atoms with Gasteiger partial charge >= 0.3 is 0 Å². The number of halogens is 1. The summed E-state index contributed by atoms with van der Waals surface area (Å²) in [6, 6.07) is 12.5. The fourth-order valence-corrected chi connectivity index (χ4v) is 3.01. The number of hydrogen-bond acceptors (Lipinski definition) is 4. The van der Waals surface area contributed by atoms with Crippen LogP contribution < -0.4 is 10.6 Å². The minimum absolute atomic E-state index is 0. The lowest BCUT2D eigenvalue weighted by molar-refractivity contribution is 0.0437. The number of nitrogens with one attached hydrogen (secondary N) is 2. The van der Waals surface area contributed by atoms with E-state index < -0.39 is 5.60 Å². The molecule has 0 spiro atoms. The van der Waals surface area contributed by atoms with Gasteiger partial charge in [-0.1, -0.05) is 31.2 Å². The number of likely N-dealkylation sites (N-methyl/N-ethyl adjacent to an activating group) is 1. The van der Waals surface area contributed by atoms with Crippen molar-refractivity contribution in [3.63, 3.8) is 0 Å². The standard InChI is InChI=1S/C22H34N4O2.HI/c1-6-17-10-12-18(13-11-17)19(26(4)5)15-24-21(23-7-2)25-16-22(3,27)20-9-8-14-28-20;/h8-14,19,27H,6-7,15-16H2,1-5H3,(H2,23,24,25);1H. The summed E-state index contributed by atoms with van der Waals surface area (Å²) in [7, 11) is 4.15. The smallest absolute Gasteiger partial charge is 0.191 e. The van der Waals surface area contributed by atoms with Crippen molar-refractivity contribution in [3.05, 3.63) is 59.5 Å². The van der Waals surface area contributed by atoms with E-state index in [-0.39, 0.29) is 36.6 Å². The summed E-state index contributed by atoms with van der Waals surface area (Å²) in [6.07, 6.45) is 2.60. The molecular weight excluding hydrogens is 479 g/mol. The predicted molar refractivity (Wildman–Crippen MR) is 130 cm³/mol. The lowest BCUT2D eigenvalue weighted by Crippen LogP contribution is -2.42. The van der Waals surface area contributed by atoms with E-state index in [2.05, 4.69) is 65.8 Å². The largest absolute Gasteiger partial charge is 0.466 e. The molecule has 3 N–H and O–H groups in total. The van der Waals surface area contributed by atoms with Crippen LogP contribution in [-0.4, -0.2) is 49.7 Å². The summed E-state index contributed by atoms with van der Waals surface area (Å²) in [4.78, 5) is 6.75. The number of aliphatic imine (C=N–C) groups is 1. The van der Waals surface area contributed by atoms with Crippen LogP contribution in [0.25, 0.3) is 0 Å². The summed E-state index contributed by atoms with van der Waals surface area (Å²) >= 11 is 0. The lowest BCUT2D eigenvalue weighted by atomic mass is 10.0. The molecule has 0 aliphatic heterocycles. The summed E-state index contributed by atoms with van der Waals surface area (Å²) in [5.74, 6) is 1.18. The molecule has 0 amide bonds. The highest BCUT2D eigenvalue weighted by atomic mass is 127. The average Bonchev–Trinajstić information content (AvgIpc) is 3.22. The van der Waals surface area contributed by atoms with Gasteiger partial charge in [-0.25, -0.2) is 4.99 Å². The van der Waals surface area contributed by atoms with Crippen molar-refractivity contribution in [2.24, 2.45) is 4.99 Å². The van der Waals surface area contributed by atoms with Crippen molar-refractivity contribution >= 4 is 29.9 Å². The van der Waals surface area contributed by atoms with Crippen molar-refractivity contribution in [1.82, 2.24) is 15.5 Å². The zero-order valence-corrected chi connectivity index (χ0v) is 20.4. The Labute approximate surface area is 191 Å². The Kier molecular flexibility index (Phi) is 10.7. The highest BCUT2D eigenvalue weighted by Gasteiger charge is 2.26. The Morgan fingerprint density at radius 1 is 1.17 bits per heavy atom. The second kappa shape index (κ2) is 12.2. The maximum absolute atomic E-state index is 10.6. The summed E-state index contributed by atoms with van der Waals surface area (Å²) in [6.45, 7) is 7.54. The van der Waals surface area contributed by atoms with Crippen LogP contribution >= 0.6 is 24.0 Å². The molecule has 2 aromatic rings. The second-order valence-electron chi connectivity index (χ2n) is 7.40. The Morgan fingerprint density at radius 2 is 1.86 bits per heavy atom. The Balaban J connectivity index is 0.00000420. The number of hydrogen-bond donors (Lipinski definition) is 3. The molecule has 0 aliphatic rings. The molecule has 6 nitrogen and oxygen atoms in total. The molecule has 7 heteroatoms. The molecule has 0 fully saturated rings. The van der Waals surface area contributed by atoms with E-state index >= 15 is 0 Å². The van der Waals surface area contributed by atoms with Crippen molar-refractivity contribution in [2.45, 2.75) is 38.8 Å². The van der Waals surface area contributed by atoms with Gasteiger partial charge in [-0.3, -0.25) is 0 Å². The van der Waals surface area contributed by atoms with E-state index in [1.54, 1.807) is 25.3 Å². The fraction of sp³-hybridized carbons (Fsp3) is 0.500. The minimum Gasteiger partial charge on any atom is -0.466 e. The van der Waals surface area contributed by atoms with Gasteiger partial charge in [0.05, 0.1) is 18.8 Å². The number of rotatable bonds is 9. The van der Waals surface area contributed by atoms with Crippen LogP contribution in [0.3, 0.4) is 0 Å². The minimum atomic E-state index is -1.15. The van der Waals surface area contributed by atoms with Crippen LogP contribution in [0.4, 0.5) is 0 Å². The van der Waals surface area contributed by atoms with Gasteiger partial charge in [0.1, 0.15) is 11.4 Å². The molecule has 0 saturated carbocycles. The van der Waals surface area contributed by atoms with Crippen molar-refractivity contribution in [1.29, 1.82) is 0 Å². The molecule has 1 heterocycles. The molecule has 0 bridgehead atoms. The van der Waals surface area contributed by atoms with Crippen LogP contribution in [0.5, 0.6) is 0 Å². The van der Waals surface area contributed by atoms with Crippen LogP contribution in [0, 0.1) is 0 Å². The monoisotopic (exact) mass is 514 g/mol. The molecule has 162 valence electrons. The van der Waals surface area contributed by atoms with Gasteiger partial charge in [-0.2, -0.15) is 0 Å². The first-order chi connectivity index (χ1) is 13.4. The zero-order chi connectivity index (χ0) is 20.6. The number of aliphatic hydroxyl groups is 1. The van der Waals surface area contributed by atoms with Gasteiger partial charge in [0.2, 0.25) is 0 Å². The highest BCUT2D eigenvalue weighted by molar-refractivity contribution is 14.0. The molecule has 1 aromatic carbocycles. The van der Waals surface area contributed by atoms with E-state index in [0.29, 0.717) is 18.3 Å². The van der Waals surface area contributed by atoms with Gasteiger partial charge in [-0.15, -0.1) is 24.0 Å². The lowest BCUT2D eigenvalue weighted by Gasteiger charge is -2.26. The Morgan fingerprint density at radius 3 is 2.38 bits per heavy atom. The molecule has 2 atom stereocenters. The molecule has 2 rings (SSSR count). The van der Waals surface area contributed by atoms with Crippen molar-refractivity contribution < 1.29 is 9.52 Å². The van der Waals surface area contributed by atoms with Crippen LogP contribution in [0.2, 0.25) is 0 Å². The third kappa shape index (κ3) is 7.64. The third-order valence-corrected chi connectivity index (χ3v) is 4.80. The van der Waals surface area contributed by atoms with Gasteiger partial charge in [0, 0.05) is 13.1 Å². The first-order valence-corrected chi connectivity index (χ1v) is 9.91. The topological polar surface area (TPSA) is 73.0 Å². The zero-order valence-electron chi connectivity index (χ0n) is 18.1. The summed E-state index contributed by atoms with van der Waals surface area (Å²) < 4.78 is 5.33. The maximum atomic E-state index is 10.6. The number of aryl methyl sites for hydroxylation is 1. The molecule has 0 aliphatic carbocycles. The highest BCUT2D eigenvalue weighted by Crippen LogP contribution is 2.21.